The molecular weight excluding hydrogens is 354 g/mol. The van der Waals surface area contributed by atoms with Gasteiger partial charge in [-0.1, -0.05) is 18.7 Å². The van der Waals surface area contributed by atoms with Crippen LogP contribution in [0.1, 0.15) is 5.56 Å². The van der Waals surface area contributed by atoms with E-state index < -0.39 is 10.0 Å². The summed E-state index contributed by atoms with van der Waals surface area (Å²) < 4.78 is 29.1. The van der Waals surface area contributed by atoms with Gasteiger partial charge in [0.25, 0.3) is 5.56 Å². The highest BCUT2D eigenvalue weighted by molar-refractivity contribution is 7.89. The molecule has 3 N–H and O–H groups in total. The Morgan fingerprint density at radius 2 is 1.88 bits per heavy atom. The SMILES string of the molecule is C=c1[nH]n(-c2ccc(S(N)(=O)=O)cc2)c(=O)/c1=C/c1cccc(OC)c1. The number of primary sulfonamides is 1. The zero-order chi connectivity index (χ0) is 18.9. The van der Waals surface area contributed by atoms with Crippen LogP contribution in [0.15, 0.2) is 58.2 Å². The number of nitrogens with zero attached hydrogens (tertiary/aromatic N) is 1. The first-order chi connectivity index (χ1) is 12.3. The Balaban J connectivity index is 2.10. The number of ether oxygens (including phenoxy) is 1. The molecule has 0 bridgehead atoms. The average molecular weight is 371 g/mol. The molecule has 0 amide bonds. The molecule has 0 aliphatic heterocycles. The Labute approximate surface area is 149 Å². The van der Waals surface area contributed by atoms with Crippen molar-refractivity contribution in [2.24, 2.45) is 5.14 Å². The number of aromatic nitrogens is 2. The van der Waals surface area contributed by atoms with Crippen molar-refractivity contribution < 1.29 is 13.2 Å². The summed E-state index contributed by atoms with van der Waals surface area (Å²) in [4.78, 5) is 12.7. The van der Waals surface area contributed by atoms with Crippen LogP contribution in [0.4, 0.5) is 0 Å². The normalized spacial score (nSPS) is 12.3. The summed E-state index contributed by atoms with van der Waals surface area (Å²) in [6, 6.07) is 12.9. The summed E-state index contributed by atoms with van der Waals surface area (Å²) >= 11 is 0. The van der Waals surface area contributed by atoms with Crippen molar-refractivity contribution in [1.29, 1.82) is 0 Å². The van der Waals surface area contributed by atoms with Crippen LogP contribution in [0.2, 0.25) is 0 Å². The molecule has 134 valence electrons. The number of aromatic amines is 1. The minimum atomic E-state index is -3.79. The highest BCUT2D eigenvalue weighted by Gasteiger charge is 2.09. The van der Waals surface area contributed by atoms with Crippen LogP contribution >= 0.6 is 0 Å². The number of sulfonamides is 1. The standard InChI is InChI=1S/C18H17N3O4S/c1-12-17(11-13-4-3-5-15(10-13)25-2)18(22)21(20-12)14-6-8-16(9-7-14)26(19,23)24/h3-11,20H,1H2,2H3,(H2,19,23,24)/b17-11+. The van der Waals surface area contributed by atoms with Crippen molar-refractivity contribution in [2.45, 2.75) is 4.90 Å². The van der Waals surface area contributed by atoms with Crippen molar-refractivity contribution in [3.05, 3.63) is 75.0 Å². The molecule has 0 aliphatic rings. The van der Waals surface area contributed by atoms with Gasteiger partial charge in [-0.15, -0.1) is 0 Å². The van der Waals surface area contributed by atoms with E-state index in [0.717, 1.165) is 5.56 Å². The number of H-pyrrole nitrogens is 1. The van der Waals surface area contributed by atoms with Crippen LogP contribution in [0.5, 0.6) is 5.75 Å². The quantitative estimate of drug-likeness (QED) is 0.676. The zero-order valence-corrected chi connectivity index (χ0v) is 14.8. The summed E-state index contributed by atoms with van der Waals surface area (Å²) in [5.41, 5.74) is 0.959. The van der Waals surface area contributed by atoms with Crippen molar-refractivity contribution in [2.75, 3.05) is 7.11 Å². The highest BCUT2D eigenvalue weighted by atomic mass is 32.2. The number of methoxy groups -OCH3 is 1. The lowest BCUT2D eigenvalue weighted by Crippen LogP contribution is -2.33. The number of nitrogens with one attached hydrogen (secondary N) is 1. The number of nitrogens with two attached hydrogens (primary N) is 1. The molecule has 2 aromatic carbocycles. The molecule has 7 nitrogen and oxygen atoms in total. The third-order valence-corrected chi connectivity index (χ3v) is 4.76. The van der Waals surface area contributed by atoms with E-state index in [9.17, 15) is 13.2 Å². The largest absolute Gasteiger partial charge is 0.497 e. The molecule has 0 aliphatic carbocycles. The lowest BCUT2D eigenvalue weighted by molar-refractivity contribution is 0.414. The van der Waals surface area contributed by atoms with Crippen LogP contribution in [0.25, 0.3) is 18.3 Å². The number of benzene rings is 2. The summed E-state index contributed by atoms with van der Waals surface area (Å²) in [5, 5.41) is 8.81. The smallest absolute Gasteiger partial charge is 0.279 e. The molecule has 8 heteroatoms. The van der Waals surface area contributed by atoms with Crippen LogP contribution in [0, 0.1) is 0 Å². The van der Waals surface area contributed by atoms with Gasteiger partial charge >= 0.3 is 0 Å². The predicted octanol–water partition coefficient (Wildman–Crippen LogP) is 0.0607. The molecule has 0 fully saturated rings. The fourth-order valence-electron chi connectivity index (χ4n) is 2.51. The molecule has 3 aromatic rings. The van der Waals surface area contributed by atoms with E-state index in [1.807, 2.05) is 18.2 Å². The molecule has 0 saturated heterocycles. The van der Waals surface area contributed by atoms with Gasteiger partial charge in [0.05, 0.1) is 28.3 Å². The summed E-state index contributed by atoms with van der Waals surface area (Å²) in [6.07, 6.45) is 1.71. The molecule has 0 unspecified atom stereocenters. The van der Waals surface area contributed by atoms with E-state index in [-0.39, 0.29) is 10.5 Å². The topological polar surface area (TPSA) is 107 Å². The summed E-state index contributed by atoms with van der Waals surface area (Å²) in [7, 11) is -2.22. The maximum atomic E-state index is 12.7. The van der Waals surface area contributed by atoms with E-state index in [0.29, 0.717) is 22.0 Å². The van der Waals surface area contributed by atoms with Crippen LogP contribution < -0.4 is 26.0 Å². The van der Waals surface area contributed by atoms with E-state index in [1.54, 1.807) is 19.3 Å². The fourth-order valence-corrected chi connectivity index (χ4v) is 3.02. The van der Waals surface area contributed by atoms with Crippen molar-refractivity contribution >= 4 is 22.7 Å². The number of hydrogen-bond donors (Lipinski definition) is 2. The van der Waals surface area contributed by atoms with Crippen molar-refractivity contribution in [1.82, 2.24) is 9.78 Å². The first-order valence-electron chi connectivity index (χ1n) is 7.58. The predicted molar refractivity (Wildman–Crippen MR) is 99.1 cm³/mol. The van der Waals surface area contributed by atoms with Crippen LogP contribution in [-0.4, -0.2) is 25.3 Å². The lowest BCUT2D eigenvalue weighted by atomic mass is 10.2. The second kappa shape index (κ2) is 6.66. The Bertz CT molecular complexity index is 1220. The molecule has 0 saturated carbocycles. The molecule has 26 heavy (non-hydrogen) atoms. The maximum absolute atomic E-state index is 12.7. The third-order valence-electron chi connectivity index (χ3n) is 3.83. The van der Waals surface area contributed by atoms with Gasteiger partial charge in [0.1, 0.15) is 5.75 Å². The Morgan fingerprint density at radius 1 is 1.19 bits per heavy atom. The van der Waals surface area contributed by atoms with Gasteiger partial charge in [0.15, 0.2) is 0 Å². The van der Waals surface area contributed by atoms with Gasteiger partial charge in [-0.3, -0.25) is 9.89 Å². The van der Waals surface area contributed by atoms with Gasteiger partial charge < -0.3 is 4.74 Å². The Hall–Kier alpha value is -3.10. The monoisotopic (exact) mass is 371 g/mol. The number of rotatable bonds is 4. The van der Waals surface area contributed by atoms with Gasteiger partial charge in [-0.25, -0.2) is 18.2 Å². The molecular formula is C18H17N3O4S. The molecule has 1 heterocycles. The third kappa shape index (κ3) is 3.46. The molecule has 0 radical (unpaired) electrons. The first kappa shape index (κ1) is 17.7. The second-order valence-electron chi connectivity index (χ2n) is 5.60. The van der Waals surface area contributed by atoms with Crippen LogP contribution in [-0.2, 0) is 10.0 Å². The first-order valence-corrected chi connectivity index (χ1v) is 9.13. The molecule has 1 aromatic heterocycles. The Morgan fingerprint density at radius 3 is 2.50 bits per heavy atom. The van der Waals surface area contributed by atoms with Gasteiger partial charge in [0, 0.05) is 0 Å². The van der Waals surface area contributed by atoms with Crippen LogP contribution in [0.3, 0.4) is 0 Å². The maximum Gasteiger partial charge on any atom is 0.279 e. The average Bonchev–Trinajstić information content (AvgIpc) is 2.89. The minimum Gasteiger partial charge on any atom is -0.497 e. The van der Waals surface area contributed by atoms with E-state index in [1.165, 1.54) is 28.9 Å². The fraction of sp³-hybridized carbons (Fsp3) is 0.0556. The molecule has 3 rings (SSSR count). The van der Waals surface area contributed by atoms with E-state index in [4.69, 9.17) is 9.88 Å². The highest BCUT2D eigenvalue weighted by Crippen LogP contribution is 2.12. The van der Waals surface area contributed by atoms with E-state index in [2.05, 4.69) is 11.7 Å². The lowest BCUT2D eigenvalue weighted by Gasteiger charge is -2.02. The van der Waals surface area contributed by atoms with Crippen molar-refractivity contribution in [3.63, 3.8) is 0 Å². The molecule has 0 spiro atoms. The zero-order valence-electron chi connectivity index (χ0n) is 14.0. The van der Waals surface area contributed by atoms with Gasteiger partial charge in [-0.05, 0) is 48.0 Å². The molecule has 0 atom stereocenters. The van der Waals surface area contributed by atoms with E-state index >= 15 is 0 Å². The van der Waals surface area contributed by atoms with Crippen molar-refractivity contribution in [3.8, 4) is 11.4 Å². The number of hydrogen-bond acceptors (Lipinski definition) is 4. The van der Waals surface area contributed by atoms with Gasteiger partial charge in [-0.2, -0.15) is 0 Å². The minimum absolute atomic E-state index is 0.0288. The second-order valence-corrected chi connectivity index (χ2v) is 7.17. The summed E-state index contributed by atoms with van der Waals surface area (Å²) in [5.74, 6) is 0.679. The Kier molecular flexibility index (Phi) is 4.54. The summed E-state index contributed by atoms with van der Waals surface area (Å²) in [6.45, 7) is 3.87. The van der Waals surface area contributed by atoms with Gasteiger partial charge in [0.2, 0.25) is 10.0 Å².